The highest BCUT2D eigenvalue weighted by Gasteiger charge is 2.27. The Hall–Kier alpha value is -2.55. The van der Waals surface area contributed by atoms with Crippen molar-refractivity contribution in [1.29, 1.82) is 0 Å². The van der Waals surface area contributed by atoms with Crippen molar-refractivity contribution in [3.05, 3.63) is 39.3 Å². The van der Waals surface area contributed by atoms with E-state index in [1.54, 1.807) is 24.0 Å². The lowest BCUT2D eigenvalue weighted by Gasteiger charge is -2.31. The van der Waals surface area contributed by atoms with Crippen LogP contribution in [0, 0.1) is 6.92 Å². The lowest BCUT2D eigenvalue weighted by molar-refractivity contribution is 0.0676. The van der Waals surface area contributed by atoms with E-state index in [4.69, 9.17) is 4.52 Å². The first kappa shape index (κ1) is 15.0. The SMILES string of the molecule is Cc1cc(C(=O)N2CCC(n3nnc4ccsc4c3=O)CC2)no1. The van der Waals surface area contributed by atoms with Gasteiger partial charge in [-0.2, -0.15) is 0 Å². The maximum Gasteiger partial charge on any atom is 0.287 e. The van der Waals surface area contributed by atoms with Crippen molar-refractivity contribution in [3.8, 4) is 0 Å². The third kappa shape index (κ3) is 2.50. The summed E-state index contributed by atoms with van der Waals surface area (Å²) in [6.45, 7) is 2.85. The molecule has 1 fully saturated rings. The Morgan fingerprint density at radius 2 is 2.17 bits per heavy atom. The second-order valence-electron chi connectivity index (χ2n) is 5.82. The largest absolute Gasteiger partial charge is 0.361 e. The molecule has 1 saturated heterocycles. The molecule has 0 radical (unpaired) electrons. The van der Waals surface area contributed by atoms with Gasteiger partial charge in [0.1, 0.15) is 16.0 Å². The minimum absolute atomic E-state index is 0.0420. The maximum absolute atomic E-state index is 12.5. The molecule has 0 saturated carbocycles. The first-order valence-corrected chi connectivity index (χ1v) is 8.57. The molecule has 124 valence electrons. The number of nitrogens with zero attached hydrogens (tertiary/aromatic N) is 5. The smallest absolute Gasteiger partial charge is 0.287 e. The normalized spacial score (nSPS) is 16.0. The van der Waals surface area contributed by atoms with Gasteiger partial charge in [-0.15, -0.1) is 16.4 Å². The molecule has 4 heterocycles. The van der Waals surface area contributed by atoms with Gasteiger partial charge < -0.3 is 9.42 Å². The number of aryl methyl sites for hydroxylation is 1. The van der Waals surface area contributed by atoms with Crippen LogP contribution in [0.1, 0.15) is 35.1 Å². The molecule has 0 aliphatic carbocycles. The van der Waals surface area contributed by atoms with Crippen molar-refractivity contribution >= 4 is 27.5 Å². The molecule has 0 unspecified atom stereocenters. The van der Waals surface area contributed by atoms with Crippen LogP contribution < -0.4 is 5.56 Å². The van der Waals surface area contributed by atoms with Gasteiger partial charge in [0.25, 0.3) is 11.5 Å². The van der Waals surface area contributed by atoms with E-state index in [1.807, 2.05) is 5.38 Å². The fraction of sp³-hybridized carbons (Fsp3) is 0.400. The van der Waals surface area contributed by atoms with Gasteiger partial charge in [-0.3, -0.25) is 9.59 Å². The van der Waals surface area contributed by atoms with Crippen LogP contribution in [0.3, 0.4) is 0 Å². The van der Waals surface area contributed by atoms with Crippen molar-refractivity contribution in [2.45, 2.75) is 25.8 Å². The van der Waals surface area contributed by atoms with Crippen LogP contribution in [0.5, 0.6) is 0 Å². The van der Waals surface area contributed by atoms with Gasteiger partial charge in [-0.1, -0.05) is 10.4 Å². The predicted molar refractivity (Wildman–Crippen MR) is 87.1 cm³/mol. The molecule has 4 rings (SSSR count). The summed E-state index contributed by atoms with van der Waals surface area (Å²) in [4.78, 5) is 26.6. The molecule has 8 nitrogen and oxygen atoms in total. The quantitative estimate of drug-likeness (QED) is 0.701. The zero-order chi connectivity index (χ0) is 16.7. The Bertz CT molecular complexity index is 951. The molecule has 1 aliphatic heterocycles. The molecule has 1 aliphatic rings. The zero-order valence-electron chi connectivity index (χ0n) is 13.0. The maximum atomic E-state index is 12.5. The van der Waals surface area contributed by atoms with Crippen LogP contribution in [-0.4, -0.2) is 44.0 Å². The average Bonchev–Trinajstić information content (AvgIpc) is 3.24. The third-order valence-electron chi connectivity index (χ3n) is 4.24. The van der Waals surface area contributed by atoms with Crippen molar-refractivity contribution in [2.75, 3.05) is 13.1 Å². The van der Waals surface area contributed by atoms with E-state index in [9.17, 15) is 9.59 Å². The summed E-state index contributed by atoms with van der Waals surface area (Å²) in [5.41, 5.74) is 0.852. The number of hydrogen-bond acceptors (Lipinski definition) is 7. The standard InChI is InChI=1S/C15H15N5O3S/c1-9-8-12(17-23-9)14(21)19-5-2-10(3-6-19)20-15(22)13-11(16-18-20)4-7-24-13/h4,7-8,10H,2-3,5-6H2,1H3. The number of carbonyl (C=O) groups excluding carboxylic acids is 1. The second-order valence-corrected chi connectivity index (χ2v) is 6.74. The Labute approximate surface area is 140 Å². The van der Waals surface area contributed by atoms with Gasteiger partial charge in [0, 0.05) is 19.2 Å². The van der Waals surface area contributed by atoms with Crippen molar-refractivity contribution < 1.29 is 9.32 Å². The Kier molecular flexibility index (Phi) is 3.64. The van der Waals surface area contributed by atoms with Gasteiger partial charge in [0.15, 0.2) is 5.69 Å². The van der Waals surface area contributed by atoms with Crippen LogP contribution in [0.2, 0.25) is 0 Å². The first-order valence-electron chi connectivity index (χ1n) is 7.69. The molecule has 24 heavy (non-hydrogen) atoms. The minimum Gasteiger partial charge on any atom is -0.361 e. The molecular weight excluding hydrogens is 330 g/mol. The van der Waals surface area contributed by atoms with E-state index in [2.05, 4.69) is 15.5 Å². The molecule has 0 aromatic carbocycles. The molecule has 0 bridgehead atoms. The summed E-state index contributed by atoms with van der Waals surface area (Å²) in [5.74, 6) is 0.469. The monoisotopic (exact) mass is 345 g/mol. The highest BCUT2D eigenvalue weighted by molar-refractivity contribution is 7.17. The van der Waals surface area contributed by atoms with Crippen LogP contribution in [-0.2, 0) is 0 Å². The molecule has 3 aromatic rings. The zero-order valence-corrected chi connectivity index (χ0v) is 13.8. The Morgan fingerprint density at radius 1 is 1.38 bits per heavy atom. The van der Waals surface area contributed by atoms with Crippen molar-refractivity contribution in [3.63, 3.8) is 0 Å². The van der Waals surface area contributed by atoms with Gasteiger partial charge in [-0.05, 0) is 31.2 Å². The van der Waals surface area contributed by atoms with Gasteiger partial charge in [-0.25, -0.2) is 4.68 Å². The summed E-state index contributed by atoms with van der Waals surface area (Å²) in [6.07, 6.45) is 1.32. The molecule has 3 aromatic heterocycles. The van der Waals surface area contributed by atoms with Crippen LogP contribution in [0.25, 0.3) is 10.2 Å². The topological polar surface area (TPSA) is 94.1 Å². The van der Waals surface area contributed by atoms with E-state index in [0.29, 0.717) is 47.6 Å². The van der Waals surface area contributed by atoms with E-state index < -0.39 is 0 Å². The first-order chi connectivity index (χ1) is 11.6. The number of amides is 1. The molecule has 9 heteroatoms. The summed E-state index contributed by atoms with van der Waals surface area (Å²) in [5, 5.41) is 13.8. The Morgan fingerprint density at radius 3 is 2.88 bits per heavy atom. The molecular formula is C15H15N5O3S. The number of piperidine rings is 1. The number of rotatable bonds is 2. The van der Waals surface area contributed by atoms with Gasteiger partial charge >= 0.3 is 0 Å². The van der Waals surface area contributed by atoms with Gasteiger partial charge in [0.2, 0.25) is 0 Å². The number of fused-ring (bicyclic) bond motifs is 1. The highest BCUT2D eigenvalue weighted by Crippen LogP contribution is 2.22. The second kappa shape index (κ2) is 5.82. The van der Waals surface area contributed by atoms with E-state index >= 15 is 0 Å². The number of likely N-dealkylation sites (tertiary alicyclic amines) is 1. The Balaban J connectivity index is 1.50. The van der Waals surface area contributed by atoms with Crippen LogP contribution in [0.15, 0.2) is 26.8 Å². The molecule has 0 spiro atoms. The van der Waals surface area contributed by atoms with Crippen molar-refractivity contribution in [2.24, 2.45) is 0 Å². The highest BCUT2D eigenvalue weighted by atomic mass is 32.1. The van der Waals surface area contributed by atoms with Crippen LogP contribution in [0.4, 0.5) is 0 Å². The summed E-state index contributed by atoms with van der Waals surface area (Å²) in [7, 11) is 0. The number of aromatic nitrogens is 4. The number of carbonyl (C=O) groups is 1. The van der Waals surface area contributed by atoms with Crippen molar-refractivity contribution in [1.82, 2.24) is 25.1 Å². The predicted octanol–water partition coefficient (Wildman–Crippen LogP) is 1.63. The fourth-order valence-electron chi connectivity index (χ4n) is 2.96. The van der Waals surface area contributed by atoms with E-state index in [-0.39, 0.29) is 17.5 Å². The number of thiophene rings is 1. The lowest BCUT2D eigenvalue weighted by atomic mass is 10.0. The molecule has 0 N–H and O–H groups in total. The lowest BCUT2D eigenvalue weighted by Crippen LogP contribution is -2.41. The van der Waals surface area contributed by atoms with E-state index in [1.165, 1.54) is 16.0 Å². The minimum atomic E-state index is -0.141. The third-order valence-corrected chi connectivity index (χ3v) is 5.13. The molecule has 0 atom stereocenters. The van der Waals surface area contributed by atoms with Crippen LogP contribution >= 0.6 is 11.3 Å². The van der Waals surface area contributed by atoms with Gasteiger partial charge in [0.05, 0.1) is 6.04 Å². The number of hydrogen-bond donors (Lipinski definition) is 0. The molecule has 1 amide bonds. The fourth-order valence-corrected chi connectivity index (χ4v) is 3.72. The average molecular weight is 345 g/mol. The summed E-state index contributed by atoms with van der Waals surface area (Å²) in [6, 6.07) is 3.38. The van der Waals surface area contributed by atoms with E-state index in [0.717, 1.165) is 0 Å². The summed E-state index contributed by atoms with van der Waals surface area (Å²) >= 11 is 1.38. The summed E-state index contributed by atoms with van der Waals surface area (Å²) < 4.78 is 7.04.